The van der Waals surface area contributed by atoms with E-state index in [4.69, 9.17) is 11.6 Å². The van der Waals surface area contributed by atoms with Crippen LogP contribution in [0.4, 0.5) is 8.78 Å². The Kier molecular flexibility index (Phi) is 3.64. The van der Waals surface area contributed by atoms with E-state index < -0.39 is 11.6 Å². The van der Waals surface area contributed by atoms with Gasteiger partial charge in [-0.15, -0.1) is 11.6 Å². The summed E-state index contributed by atoms with van der Waals surface area (Å²) in [5.74, 6) is -0.178. The summed E-state index contributed by atoms with van der Waals surface area (Å²) in [7, 11) is 0. The average Bonchev–Trinajstić information content (AvgIpc) is 2.76. The summed E-state index contributed by atoms with van der Waals surface area (Å²) in [5.41, 5.74) is 2.91. The molecule has 0 unspecified atom stereocenters. The van der Waals surface area contributed by atoms with Gasteiger partial charge in [-0.25, -0.2) is 13.8 Å². The first-order valence-electron chi connectivity index (χ1n) is 6.59. The van der Waals surface area contributed by atoms with Gasteiger partial charge in [0.1, 0.15) is 17.5 Å². The van der Waals surface area contributed by atoms with Crippen molar-refractivity contribution < 1.29 is 8.78 Å². The van der Waals surface area contributed by atoms with Crippen molar-refractivity contribution in [3.63, 3.8) is 0 Å². The first-order valence-corrected chi connectivity index (χ1v) is 7.13. The van der Waals surface area contributed by atoms with Gasteiger partial charge in [-0.1, -0.05) is 6.07 Å². The van der Waals surface area contributed by atoms with Gasteiger partial charge in [0.2, 0.25) is 0 Å². The second-order valence-corrected chi connectivity index (χ2v) is 5.27. The highest BCUT2D eigenvalue weighted by molar-refractivity contribution is 6.17. The molecule has 3 aromatic rings. The molecule has 0 spiro atoms. The van der Waals surface area contributed by atoms with Crippen LogP contribution in [0.5, 0.6) is 0 Å². The van der Waals surface area contributed by atoms with Crippen LogP contribution in [0, 0.1) is 18.6 Å². The summed E-state index contributed by atoms with van der Waals surface area (Å²) >= 11 is 5.81. The molecule has 1 aromatic heterocycles. The number of halogens is 3. The SMILES string of the molecule is Cc1ccc2c(c1)nc(CCCl)n2-c1ccc(F)cc1F. The third-order valence-electron chi connectivity index (χ3n) is 3.35. The highest BCUT2D eigenvalue weighted by Crippen LogP contribution is 2.25. The van der Waals surface area contributed by atoms with E-state index in [2.05, 4.69) is 4.98 Å². The molecule has 21 heavy (non-hydrogen) atoms. The van der Waals surface area contributed by atoms with Crippen LogP contribution in [0.15, 0.2) is 36.4 Å². The lowest BCUT2D eigenvalue weighted by Gasteiger charge is -2.10. The molecule has 0 aliphatic heterocycles. The summed E-state index contributed by atoms with van der Waals surface area (Å²) < 4.78 is 28.9. The average molecular weight is 307 g/mol. The third kappa shape index (κ3) is 2.51. The number of alkyl halides is 1. The van der Waals surface area contributed by atoms with E-state index in [-0.39, 0.29) is 5.69 Å². The van der Waals surface area contributed by atoms with Crippen molar-refractivity contribution >= 4 is 22.6 Å². The summed E-state index contributed by atoms with van der Waals surface area (Å²) in [4.78, 5) is 4.52. The maximum Gasteiger partial charge on any atom is 0.150 e. The highest BCUT2D eigenvalue weighted by Gasteiger charge is 2.15. The smallest absolute Gasteiger partial charge is 0.150 e. The first kappa shape index (κ1) is 14.0. The molecule has 5 heteroatoms. The third-order valence-corrected chi connectivity index (χ3v) is 3.54. The molecular weight excluding hydrogens is 294 g/mol. The fourth-order valence-corrected chi connectivity index (χ4v) is 2.59. The maximum atomic E-state index is 14.1. The number of benzene rings is 2. The van der Waals surface area contributed by atoms with E-state index in [1.165, 1.54) is 12.1 Å². The molecule has 0 radical (unpaired) electrons. The minimum atomic E-state index is -0.620. The Labute approximate surface area is 126 Å². The topological polar surface area (TPSA) is 17.8 Å². The Bertz CT molecular complexity index is 811. The molecule has 0 aliphatic rings. The van der Waals surface area contributed by atoms with Crippen LogP contribution >= 0.6 is 11.6 Å². The fraction of sp³-hybridized carbons (Fsp3) is 0.188. The summed E-state index contributed by atoms with van der Waals surface area (Å²) in [6.07, 6.45) is 0.506. The van der Waals surface area contributed by atoms with Crippen LogP contribution in [-0.2, 0) is 6.42 Å². The van der Waals surface area contributed by atoms with Crippen molar-refractivity contribution in [2.24, 2.45) is 0 Å². The van der Waals surface area contributed by atoms with Crippen LogP contribution in [0.2, 0.25) is 0 Å². The van der Waals surface area contributed by atoms with Crippen molar-refractivity contribution in [1.82, 2.24) is 9.55 Å². The molecule has 0 saturated heterocycles. The Balaban J connectivity index is 2.30. The molecule has 0 N–H and O–H groups in total. The van der Waals surface area contributed by atoms with E-state index >= 15 is 0 Å². The van der Waals surface area contributed by atoms with E-state index in [1.807, 2.05) is 25.1 Å². The minimum Gasteiger partial charge on any atom is -0.293 e. The van der Waals surface area contributed by atoms with Crippen molar-refractivity contribution in [1.29, 1.82) is 0 Å². The van der Waals surface area contributed by atoms with E-state index in [9.17, 15) is 8.78 Å². The van der Waals surface area contributed by atoms with E-state index in [1.54, 1.807) is 4.57 Å². The minimum absolute atomic E-state index is 0.280. The predicted molar refractivity (Wildman–Crippen MR) is 80.1 cm³/mol. The second-order valence-electron chi connectivity index (χ2n) is 4.89. The molecule has 0 saturated carbocycles. The molecular formula is C16H13ClF2N2. The fourth-order valence-electron chi connectivity index (χ4n) is 2.42. The van der Waals surface area contributed by atoms with Gasteiger partial charge in [-0.3, -0.25) is 4.57 Å². The number of imidazole rings is 1. The lowest BCUT2D eigenvalue weighted by Crippen LogP contribution is -2.04. The number of rotatable bonds is 3. The lowest BCUT2D eigenvalue weighted by atomic mass is 10.2. The number of hydrogen-bond donors (Lipinski definition) is 0. The van der Waals surface area contributed by atoms with Crippen molar-refractivity contribution in [3.05, 3.63) is 59.4 Å². The van der Waals surface area contributed by atoms with Gasteiger partial charge in [0, 0.05) is 18.4 Å². The first-order chi connectivity index (χ1) is 10.1. The molecule has 108 valence electrons. The molecule has 0 aliphatic carbocycles. The van der Waals surface area contributed by atoms with E-state index in [0.29, 0.717) is 18.1 Å². The van der Waals surface area contributed by atoms with Gasteiger partial charge in [-0.2, -0.15) is 0 Å². The molecule has 2 aromatic carbocycles. The summed E-state index contributed by atoms with van der Waals surface area (Å²) in [5, 5.41) is 0. The number of nitrogens with zero attached hydrogens (tertiary/aromatic N) is 2. The van der Waals surface area contributed by atoms with Gasteiger partial charge < -0.3 is 0 Å². The molecule has 2 nitrogen and oxygen atoms in total. The van der Waals surface area contributed by atoms with Gasteiger partial charge in [0.15, 0.2) is 0 Å². The molecule has 0 amide bonds. The highest BCUT2D eigenvalue weighted by atomic mass is 35.5. The van der Waals surface area contributed by atoms with Gasteiger partial charge in [0.25, 0.3) is 0 Å². The van der Waals surface area contributed by atoms with Crippen molar-refractivity contribution in [2.45, 2.75) is 13.3 Å². The summed E-state index contributed by atoms with van der Waals surface area (Å²) in [6, 6.07) is 9.29. The number of fused-ring (bicyclic) bond motifs is 1. The standard InChI is InChI=1S/C16H13ClF2N2/c1-10-2-4-15-13(8-10)20-16(6-7-17)21(15)14-5-3-11(18)9-12(14)19/h2-5,8-9H,6-7H2,1H3. The molecule has 0 atom stereocenters. The Morgan fingerprint density at radius 3 is 2.67 bits per heavy atom. The predicted octanol–water partition coefficient (Wildman–Crippen LogP) is 4.39. The summed E-state index contributed by atoms with van der Waals surface area (Å²) in [6.45, 7) is 1.97. The Hall–Kier alpha value is -1.94. The molecule has 0 bridgehead atoms. The molecule has 1 heterocycles. The quantitative estimate of drug-likeness (QED) is 0.656. The normalized spacial score (nSPS) is 11.2. The van der Waals surface area contributed by atoms with Crippen molar-refractivity contribution in [2.75, 3.05) is 5.88 Å². The van der Waals surface area contributed by atoms with E-state index in [0.717, 1.165) is 22.7 Å². The van der Waals surface area contributed by atoms with Crippen LogP contribution in [0.3, 0.4) is 0 Å². The van der Waals surface area contributed by atoms with Crippen molar-refractivity contribution in [3.8, 4) is 5.69 Å². The number of aromatic nitrogens is 2. The number of aryl methyl sites for hydroxylation is 2. The zero-order valence-corrected chi connectivity index (χ0v) is 12.2. The maximum absolute atomic E-state index is 14.1. The monoisotopic (exact) mass is 306 g/mol. The lowest BCUT2D eigenvalue weighted by molar-refractivity contribution is 0.577. The largest absolute Gasteiger partial charge is 0.293 e. The molecule has 3 rings (SSSR count). The van der Waals surface area contributed by atoms with Gasteiger partial charge >= 0.3 is 0 Å². The Morgan fingerprint density at radius 2 is 1.95 bits per heavy atom. The Morgan fingerprint density at radius 1 is 1.14 bits per heavy atom. The van der Waals surface area contributed by atoms with Crippen LogP contribution < -0.4 is 0 Å². The van der Waals surface area contributed by atoms with Crippen LogP contribution in [0.25, 0.3) is 16.7 Å². The van der Waals surface area contributed by atoms with Gasteiger partial charge in [-0.05, 0) is 36.8 Å². The van der Waals surface area contributed by atoms with Crippen LogP contribution in [0.1, 0.15) is 11.4 Å². The zero-order chi connectivity index (χ0) is 15.0. The second kappa shape index (κ2) is 5.45. The number of hydrogen-bond acceptors (Lipinski definition) is 1. The van der Waals surface area contributed by atoms with Crippen LogP contribution in [-0.4, -0.2) is 15.4 Å². The van der Waals surface area contributed by atoms with Gasteiger partial charge in [0.05, 0.1) is 16.7 Å². The molecule has 0 fully saturated rings. The zero-order valence-electron chi connectivity index (χ0n) is 11.4.